The first-order chi connectivity index (χ1) is 28.2. The van der Waals surface area contributed by atoms with E-state index in [4.69, 9.17) is 14.2 Å². The van der Waals surface area contributed by atoms with Crippen molar-refractivity contribution < 1.29 is 28.6 Å². The van der Waals surface area contributed by atoms with Crippen molar-refractivity contribution in [1.82, 2.24) is 0 Å². The number of carbonyl (C=O) groups excluding carboxylic acids is 3. The summed E-state index contributed by atoms with van der Waals surface area (Å²) in [5.41, 5.74) is 0. The van der Waals surface area contributed by atoms with E-state index in [0.717, 1.165) is 69.6 Å². The highest BCUT2D eigenvalue weighted by Crippen LogP contribution is 2.17. The van der Waals surface area contributed by atoms with Crippen LogP contribution in [0.25, 0.3) is 0 Å². The molecule has 0 amide bonds. The van der Waals surface area contributed by atoms with Crippen molar-refractivity contribution in [2.45, 2.75) is 291 Å². The predicted molar refractivity (Wildman–Crippen MR) is 247 cm³/mol. The zero-order valence-corrected chi connectivity index (χ0v) is 39.7. The van der Waals surface area contributed by atoms with Crippen LogP contribution in [0.3, 0.4) is 0 Å². The van der Waals surface area contributed by atoms with Gasteiger partial charge in [-0.15, -0.1) is 0 Å². The topological polar surface area (TPSA) is 78.9 Å². The van der Waals surface area contributed by atoms with Gasteiger partial charge in [-0.05, 0) is 31.1 Å². The van der Waals surface area contributed by atoms with Crippen molar-refractivity contribution in [3.63, 3.8) is 0 Å². The molecular formula is C52H100O6. The Hall–Kier alpha value is -1.59. The standard InChI is InChI=1S/C52H100O6/c1-6-7-8-9-10-11-12-13-14-15-16-17-18-19-20-23-26-32-37-42-50(53)56-45-49(58-52(55)44-39-34-29-28-31-36-41-48(4)5)46-57-51(54)43-38-33-27-24-21-22-25-30-35-40-47(2)3/h47-49H,6-46H2,1-5H3/t49-/m0/s1. The highest BCUT2D eigenvalue weighted by molar-refractivity contribution is 5.71. The minimum atomic E-state index is -0.762. The van der Waals surface area contributed by atoms with Crippen LogP contribution in [0.2, 0.25) is 0 Å². The SMILES string of the molecule is CCCCCCCCCCCCCCCCCCCCCC(=O)OC[C@@H](COC(=O)CCCCCCCCCCCC(C)C)OC(=O)CCCCCCCCC(C)C. The third-order valence-electron chi connectivity index (χ3n) is 11.7. The van der Waals surface area contributed by atoms with Crippen LogP contribution < -0.4 is 0 Å². The quantitative estimate of drug-likeness (QED) is 0.0346. The molecule has 0 spiro atoms. The molecule has 0 heterocycles. The lowest BCUT2D eigenvalue weighted by Gasteiger charge is -2.18. The first kappa shape index (κ1) is 56.4. The van der Waals surface area contributed by atoms with Gasteiger partial charge >= 0.3 is 17.9 Å². The molecule has 0 radical (unpaired) electrons. The lowest BCUT2D eigenvalue weighted by Crippen LogP contribution is -2.30. The fourth-order valence-electron chi connectivity index (χ4n) is 7.81. The van der Waals surface area contributed by atoms with Gasteiger partial charge < -0.3 is 14.2 Å². The molecule has 0 rings (SSSR count). The number of ether oxygens (including phenoxy) is 3. The molecule has 0 aliphatic rings. The summed E-state index contributed by atoms with van der Waals surface area (Å²) in [6, 6.07) is 0. The van der Waals surface area contributed by atoms with Gasteiger partial charge in [-0.1, -0.05) is 247 Å². The lowest BCUT2D eigenvalue weighted by atomic mass is 10.0. The van der Waals surface area contributed by atoms with Crippen LogP contribution in [0.4, 0.5) is 0 Å². The van der Waals surface area contributed by atoms with Gasteiger partial charge in [-0.3, -0.25) is 14.4 Å². The summed E-state index contributed by atoms with van der Waals surface area (Å²) < 4.78 is 16.8. The average Bonchev–Trinajstić information content (AvgIpc) is 3.19. The minimum Gasteiger partial charge on any atom is -0.462 e. The maximum absolute atomic E-state index is 12.7. The lowest BCUT2D eigenvalue weighted by molar-refractivity contribution is -0.167. The second-order valence-corrected chi connectivity index (χ2v) is 18.8. The van der Waals surface area contributed by atoms with Crippen LogP contribution in [0, 0.1) is 11.8 Å². The summed E-state index contributed by atoms with van der Waals surface area (Å²) in [4.78, 5) is 37.8. The molecule has 0 saturated carbocycles. The molecule has 0 aliphatic heterocycles. The number of esters is 3. The first-order valence-corrected chi connectivity index (χ1v) is 25.7. The van der Waals surface area contributed by atoms with Crippen LogP contribution in [0.1, 0.15) is 285 Å². The first-order valence-electron chi connectivity index (χ1n) is 25.7. The van der Waals surface area contributed by atoms with Crippen molar-refractivity contribution >= 4 is 17.9 Å². The van der Waals surface area contributed by atoms with E-state index in [1.54, 1.807) is 0 Å². The molecule has 0 bridgehead atoms. The number of hydrogen-bond acceptors (Lipinski definition) is 6. The van der Waals surface area contributed by atoms with Crippen LogP contribution in [0.5, 0.6) is 0 Å². The Morgan fingerprint density at radius 2 is 0.569 bits per heavy atom. The van der Waals surface area contributed by atoms with Gasteiger partial charge in [0.05, 0.1) is 0 Å². The fraction of sp³-hybridized carbons (Fsp3) is 0.942. The van der Waals surface area contributed by atoms with Crippen LogP contribution in [0.15, 0.2) is 0 Å². The Morgan fingerprint density at radius 3 is 0.845 bits per heavy atom. The van der Waals surface area contributed by atoms with Gasteiger partial charge in [-0.2, -0.15) is 0 Å². The fourth-order valence-corrected chi connectivity index (χ4v) is 7.81. The van der Waals surface area contributed by atoms with E-state index >= 15 is 0 Å². The summed E-state index contributed by atoms with van der Waals surface area (Å²) in [6.07, 6.45) is 45.4. The summed E-state index contributed by atoms with van der Waals surface area (Å²) >= 11 is 0. The van der Waals surface area contributed by atoms with E-state index in [2.05, 4.69) is 34.6 Å². The van der Waals surface area contributed by atoms with Gasteiger partial charge in [0.25, 0.3) is 0 Å². The van der Waals surface area contributed by atoms with Crippen LogP contribution in [-0.2, 0) is 28.6 Å². The molecular weight excluding hydrogens is 721 g/mol. The molecule has 1 atom stereocenters. The van der Waals surface area contributed by atoms with Gasteiger partial charge in [-0.25, -0.2) is 0 Å². The molecule has 0 fully saturated rings. The normalized spacial score (nSPS) is 12.1. The van der Waals surface area contributed by atoms with Crippen LogP contribution in [-0.4, -0.2) is 37.2 Å². The number of rotatable bonds is 46. The molecule has 6 nitrogen and oxygen atoms in total. The van der Waals surface area contributed by atoms with Crippen molar-refractivity contribution in [2.75, 3.05) is 13.2 Å². The van der Waals surface area contributed by atoms with Crippen LogP contribution >= 0.6 is 0 Å². The van der Waals surface area contributed by atoms with Gasteiger partial charge in [0.1, 0.15) is 13.2 Å². The van der Waals surface area contributed by atoms with Gasteiger partial charge in [0.2, 0.25) is 0 Å². The Balaban J connectivity index is 4.20. The molecule has 58 heavy (non-hydrogen) atoms. The van der Waals surface area contributed by atoms with Crippen molar-refractivity contribution in [2.24, 2.45) is 11.8 Å². The van der Waals surface area contributed by atoms with E-state index in [1.165, 1.54) is 173 Å². The third-order valence-corrected chi connectivity index (χ3v) is 11.7. The Bertz CT molecular complexity index is 885. The summed E-state index contributed by atoms with van der Waals surface area (Å²) in [5.74, 6) is 0.711. The monoisotopic (exact) mass is 821 g/mol. The third kappa shape index (κ3) is 45.5. The Kier molecular flexibility index (Phi) is 43.7. The zero-order chi connectivity index (χ0) is 42.6. The molecule has 344 valence electrons. The zero-order valence-electron chi connectivity index (χ0n) is 39.7. The van der Waals surface area contributed by atoms with E-state index in [1.807, 2.05) is 0 Å². The van der Waals surface area contributed by atoms with Crippen molar-refractivity contribution in [3.8, 4) is 0 Å². The minimum absolute atomic E-state index is 0.0652. The Morgan fingerprint density at radius 1 is 0.328 bits per heavy atom. The summed E-state index contributed by atoms with van der Waals surface area (Å²) in [6.45, 7) is 11.3. The summed E-state index contributed by atoms with van der Waals surface area (Å²) in [7, 11) is 0. The molecule has 0 unspecified atom stereocenters. The molecule has 0 saturated heterocycles. The molecule has 0 aromatic carbocycles. The number of carbonyl (C=O) groups is 3. The van der Waals surface area contributed by atoms with Crippen molar-refractivity contribution in [1.29, 1.82) is 0 Å². The van der Waals surface area contributed by atoms with Crippen molar-refractivity contribution in [3.05, 3.63) is 0 Å². The molecule has 0 N–H and O–H groups in total. The van der Waals surface area contributed by atoms with Gasteiger partial charge in [0.15, 0.2) is 6.10 Å². The Labute approximate surface area is 361 Å². The highest BCUT2D eigenvalue weighted by Gasteiger charge is 2.19. The van der Waals surface area contributed by atoms with Gasteiger partial charge in [0, 0.05) is 19.3 Å². The maximum Gasteiger partial charge on any atom is 0.306 e. The average molecular weight is 821 g/mol. The molecule has 0 aliphatic carbocycles. The summed E-state index contributed by atoms with van der Waals surface area (Å²) in [5, 5.41) is 0. The van der Waals surface area contributed by atoms with E-state index < -0.39 is 6.10 Å². The molecule has 0 aromatic rings. The van der Waals surface area contributed by atoms with E-state index in [0.29, 0.717) is 19.3 Å². The van der Waals surface area contributed by atoms with E-state index in [-0.39, 0.29) is 31.1 Å². The van der Waals surface area contributed by atoms with E-state index in [9.17, 15) is 14.4 Å². The second kappa shape index (κ2) is 44.9. The number of unbranched alkanes of at least 4 members (excludes halogenated alkanes) is 31. The second-order valence-electron chi connectivity index (χ2n) is 18.8. The highest BCUT2D eigenvalue weighted by atomic mass is 16.6. The maximum atomic E-state index is 12.7. The predicted octanol–water partition coefficient (Wildman–Crippen LogP) is 16.5. The molecule has 6 heteroatoms. The number of hydrogen-bond donors (Lipinski definition) is 0. The molecule has 0 aromatic heterocycles. The smallest absolute Gasteiger partial charge is 0.306 e. The largest absolute Gasteiger partial charge is 0.462 e.